The maximum Gasteiger partial charge on any atom is 0.337 e. The van der Waals surface area contributed by atoms with Gasteiger partial charge in [-0.1, -0.05) is 12.1 Å². The van der Waals surface area contributed by atoms with Crippen LogP contribution in [-0.2, 0) is 16.1 Å². The Morgan fingerprint density at radius 3 is 2.26 bits per heavy atom. The number of ether oxygens (including phenoxy) is 1. The lowest BCUT2D eigenvalue weighted by Gasteiger charge is -2.26. The molecule has 0 heterocycles. The van der Waals surface area contributed by atoms with Gasteiger partial charge in [-0.05, 0) is 45.4 Å². The third-order valence-corrected chi connectivity index (χ3v) is 4.35. The second-order valence-corrected chi connectivity index (χ2v) is 7.33. The molecule has 19 heavy (non-hydrogen) atoms. The highest BCUT2D eigenvalue weighted by molar-refractivity contribution is 7.90. The summed E-state index contributed by atoms with van der Waals surface area (Å²) < 4.78 is 19.4. The first-order valence-electron chi connectivity index (χ1n) is 6.12. The number of rotatable bonds is 4. The summed E-state index contributed by atoms with van der Waals surface area (Å²) in [6.45, 7) is 7.70. The number of nitrogens with one attached hydrogen (secondary N) is 1. The average Bonchev–Trinajstić information content (AvgIpc) is 2.36. The van der Waals surface area contributed by atoms with Crippen LogP contribution in [0.5, 0.6) is 0 Å². The van der Waals surface area contributed by atoms with E-state index in [-0.39, 0.29) is 16.8 Å². The van der Waals surface area contributed by atoms with Crippen molar-refractivity contribution in [3.05, 3.63) is 35.4 Å². The van der Waals surface area contributed by atoms with Crippen molar-refractivity contribution in [2.45, 2.75) is 38.5 Å². The fourth-order valence-corrected chi connectivity index (χ4v) is 2.24. The minimum absolute atomic E-state index is 0.0493. The first kappa shape index (κ1) is 16.0. The molecule has 1 N–H and O–H groups in total. The largest absolute Gasteiger partial charge is 0.598 e. The van der Waals surface area contributed by atoms with E-state index in [2.05, 4.69) is 9.46 Å². The lowest BCUT2D eigenvalue weighted by Crippen LogP contribution is -2.40. The van der Waals surface area contributed by atoms with Gasteiger partial charge in [-0.15, -0.1) is 4.72 Å². The number of benzene rings is 1. The first-order valence-corrected chi connectivity index (χ1v) is 7.27. The van der Waals surface area contributed by atoms with E-state index in [1.54, 1.807) is 12.1 Å². The SMILES string of the molecule is COC(=O)c1ccc([C@H](C)N[S+]([O-])C(C)(C)C)cc1. The van der Waals surface area contributed by atoms with Gasteiger partial charge >= 0.3 is 5.97 Å². The zero-order valence-electron chi connectivity index (χ0n) is 12.0. The monoisotopic (exact) mass is 283 g/mol. The summed E-state index contributed by atoms with van der Waals surface area (Å²) in [6, 6.07) is 7.04. The molecule has 0 bridgehead atoms. The maximum absolute atomic E-state index is 12.0. The number of hydrogen-bond donors (Lipinski definition) is 1. The highest BCUT2D eigenvalue weighted by Crippen LogP contribution is 2.20. The summed E-state index contributed by atoms with van der Waals surface area (Å²) in [6.07, 6.45) is 0. The third kappa shape index (κ3) is 4.53. The minimum Gasteiger partial charge on any atom is -0.598 e. The number of carbonyl (C=O) groups is 1. The van der Waals surface area contributed by atoms with E-state index in [1.165, 1.54) is 7.11 Å². The van der Waals surface area contributed by atoms with Gasteiger partial charge in [-0.3, -0.25) is 0 Å². The first-order chi connectivity index (χ1) is 8.75. The zero-order chi connectivity index (χ0) is 14.6. The van der Waals surface area contributed by atoms with Gasteiger partial charge in [0.25, 0.3) is 0 Å². The molecule has 0 spiro atoms. The molecule has 0 aliphatic rings. The van der Waals surface area contributed by atoms with Gasteiger partial charge in [-0.25, -0.2) is 4.79 Å². The van der Waals surface area contributed by atoms with Crippen LogP contribution in [0.2, 0.25) is 0 Å². The quantitative estimate of drug-likeness (QED) is 0.681. The van der Waals surface area contributed by atoms with Crippen molar-refractivity contribution in [1.29, 1.82) is 0 Å². The van der Waals surface area contributed by atoms with Gasteiger partial charge < -0.3 is 9.29 Å². The molecule has 1 aromatic rings. The predicted octanol–water partition coefficient (Wildman–Crippen LogP) is 2.59. The Morgan fingerprint density at radius 2 is 1.84 bits per heavy atom. The van der Waals surface area contributed by atoms with E-state index in [1.807, 2.05) is 39.8 Å². The van der Waals surface area contributed by atoms with Crippen LogP contribution < -0.4 is 4.72 Å². The van der Waals surface area contributed by atoms with Crippen molar-refractivity contribution in [3.63, 3.8) is 0 Å². The lowest BCUT2D eigenvalue weighted by molar-refractivity contribution is 0.0600. The Morgan fingerprint density at radius 1 is 1.32 bits per heavy atom. The smallest absolute Gasteiger partial charge is 0.337 e. The molecule has 0 fully saturated rings. The van der Waals surface area contributed by atoms with E-state index in [4.69, 9.17) is 0 Å². The van der Waals surface area contributed by atoms with Gasteiger partial charge in [-0.2, -0.15) is 0 Å². The van der Waals surface area contributed by atoms with Gasteiger partial charge in [0, 0.05) is 11.4 Å². The van der Waals surface area contributed by atoms with Crippen molar-refractivity contribution in [2.75, 3.05) is 7.11 Å². The van der Waals surface area contributed by atoms with Gasteiger partial charge in [0.15, 0.2) is 0 Å². The molecule has 106 valence electrons. The zero-order valence-corrected chi connectivity index (χ0v) is 12.8. The molecule has 1 unspecified atom stereocenters. The summed E-state index contributed by atoms with van der Waals surface area (Å²) in [7, 11) is 1.35. The molecule has 1 aromatic carbocycles. The van der Waals surface area contributed by atoms with E-state index in [9.17, 15) is 9.35 Å². The Bertz CT molecular complexity index is 425. The van der Waals surface area contributed by atoms with E-state index < -0.39 is 11.4 Å². The van der Waals surface area contributed by atoms with Crippen molar-refractivity contribution in [3.8, 4) is 0 Å². The van der Waals surface area contributed by atoms with Gasteiger partial charge in [0.1, 0.15) is 4.75 Å². The molecular formula is C14H21NO3S. The van der Waals surface area contributed by atoms with E-state index >= 15 is 0 Å². The number of carbonyl (C=O) groups excluding carboxylic acids is 1. The van der Waals surface area contributed by atoms with Crippen molar-refractivity contribution in [1.82, 2.24) is 4.72 Å². The molecular weight excluding hydrogens is 262 g/mol. The lowest BCUT2D eigenvalue weighted by atomic mass is 10.1. The molecule has 0 saturated heterocycles. The van der Waals surface area contributed by atoms with Crippen LogP contribution in [0.4, 0.5) is 0 Å². The molecule has 4 nitrogen and oxygen atoms in total. The topological polar surface area (TPSA) is 61.4 Å². The van der Waals surface area contributed by atoms with Crippen LogP contribution in [0.3, 0.4) is 0 Å². The number of hydrogen-bond acceptors (Lipinski definition) is 4. The van der Waals surface area contributed by atoms with Crippen LogP contribution >= 0.6 is 0 Å². The van der Waals surface area contributed by atoms with Crippen LogP contribution in [0, 0.1) is 0 Å². The Kier molecular flexibility index (Phi) is 5.40. The second-order valence-electron chi connectivity index (χ2n) is 5.33. The molecule has 0 radical (unpaired) electrons. The third-order valence-electron chi connectivity index (χ3n) is 2.67. The Hall–Kier alpha value is -1.04. The van der Waals surface area contributed by atoms with Crippen molar-refractivity contribution < 1.29 is 14.1 Å². The van der Waals surface area contributed by atoms with Crippen molar-refractivity contribution >= 4 is 17.3 Å². The Labute approximate surface area is 117 Å². The fourth-order valence-electron chi connectivity index (χ4n) is 1.43. The number of esters is 1. The summed E-state index contributed by atoms with van der Waals surface area (Å²) in [5.74, 6) is -0.356. The average molecular weight is 283 g/mol. The predicted molar refractivity (Wildman–Crippen MR) is 77.2 cm³/mol. The van der Waals surface area contributed by atoms with Crippen molar-refractivity contribution in [2.24, 2.45) is 0 Å². The summed E-state index contributed by atoms with van der Waals surface area (Å²) in [5.41, 5.74) is 1.49. The number of methoxy groups -OCH3 is 1. The fraction of sp³-hybridized carbons (Fsp3) is 0.500. The molecule has 0 aromatic heterocycles. The molecule has 0 aliphatic carbocycles. The second kappa shape index (κ2) is 6.41. The molecule has 5 heteroatoms. The van der Waals surface area contributed by atoms with Gasteiger partial charge in [0.05, 0.1) is 18.7 Å². The van der Waals surface area contributed by atoms with Crippen LogP contribution in [0.25, 0.3) is 0 Å². The highest BCUT2D eigenvalue weighted by atomic mass is 32.2. The molecule has 0 saturated carbocycles. The summed E-state index contributed by atoms with van der Waals surface area (Å²) >= 11 is -1.13. The van der Waals surface area contributed by atoms with E-state index in [0.29, 0.717) is 5.56 Å². The maximum atomic E-state index is 12.0. The van der Waals surface area contributed by atoms with Crippen LogP contribution in [-0.4, -0.2) is 22.4 Å². The Balaban J connectivity index is 2.73. The van der Waals surface area contributed by atoms with Crippen LogP contribution in [0.15, 0.2) is 24.3 Å². The normalized spacial score (nSPS) is 14.8. The van der Waals surface area contributed by atoms with Crippen LogP contribution in [0.1, 0.15) is 49.7 Å². The van der Waals surface area contributed by atoms with Gasteiger partial charge in [0.2, 0.25) is 0 Å². The summed E-state index contributed by atoms with van der Waals surface area (Å²) in [5, 5.41) is 0. The summed E-state index contributed by atoms with van der Waals surface area (Å²) in [4.78, 5) is 11.3. The minimum atomic E-state index is -1.13. The molecule has 1 rings (SSSR count). The standard InChI is InChI=1S/C14H21NO3S/c1-10(15-19(17)14(2,3)4)11-6-8-12(9-7-11)13(16)18-5/h6-10,15H,1-5H3/t10-,19?/m0/s1. The molecule has 0 aliphatic heterocycles. The molecule has 0 amide bonds. The molecule has 2 atom stereocenters. The highest BCUT2D eigenvalue weighted by Gasteiger charge is 2.28. The van der Waals surface area contributed by atoms with E-state index in [0.717, 1.165) is 5.56 Å².